The van der Waals surface area contributed by atoms with E-state index in [4.69, 9.17) is 15.2 Å². The molecule has 2 aromatic heterocycles. The van der Waals surface area contributed by atoms with Crippen LogP contribution in [-0.4, -0.2) is 24.2 Å². The Morgan fingerprint density at radius 1 is 1.08 bits per heavy atom. The van der Waals surface area contributed by atoms with Gasteiger partial charge in [-0.1, -0.05) is 11.3 Å². The number of methoxy groups -OCH3 is 2. The Balaban J connectivity index is 1.92. The van der Waals surface area contributed by atoms with Crippen LogP contribution in [0.5, 0.6) is 11.5 Å². The van der Waals surface area contributed by atoms with E-state index >= 15 is 0 Å². The number of aromatic nitrogens is 2. The van der Waals surface area contributed by atoms with Crippen LogP contribution in [0.25, 0.3) is 10.6 Å². The minimum Gasteiger partial charge on any atom is -0.497 e. The fourth-order valence-electron chi connectivity index (χ4n) is 2.62. The number of aryl methyl sites for hydroxylation is 1. The van der Waals surface area contributed by atoms with Crippen molar-refractivity contribution in [2.45, 2.75) is 13.8 Å². The molecule has 7 heteroatoms. The smallest absolute Gasteiger partial charge is 0.189 e. The van der Waals surface area contributed by atoms with Crippen molar-refractivity contribution in [3.8, 4) is 22.1 Å². The number of anilines is 3. The molecule has 130 valence electrons. The van der Waals surface area contributed by atoms with E-state index in [1.165, 1.54) is 11.3 Å². The summed E-state index contributed by atoms with van der Waals surface area (Å²) in [5.74, 6) is 2.07. The number of nitrogens with two attached hydrogens (primary N) is 1. The molecule has 0 aliphatic carbocycles. The number of benzene rings is 1. The van der Waals surface area contributed by atoms with E-state index < -0.39 is 0 Å². The molecule has 0 fully saturated rings. The minimum absolute atomic E-state index is 0.447. The Hall–Kier alpha value is -2.80. The van der Waals surface area contributed by atoms with E-state index in [0.29, 0.717) is 10.9 Å². The minimum atomic E-state index is 0.447. The third-order valence-corrected chi connectivity index (χ3v) is 4.85. The van der Waals surface area contributed by atoms with Crippen molar-refractivity contribution in [3.05, 3.63) is 41.6 Å². The van der Waals surface area contributed by atoms with Crippen LogP contribution in [0.4, 0.5) is 16.6 Å². The molecule has 0 saturated heterocycles. The van der Waals surface area contributed by atoms with Crippen LogP contribution in [0, 0.1) is 13.8 Å². The molecular formula is C18H20N4O2S. The number of ether oxygens (including phenoxy) is 2. The third-order valence-electron chi connectivity index (χ3n) is 3.86. The normalized spacial score (nSPS) is 10.6. The first kappa shape index (κ1) is 17.0. The van der Waals surface area contributed by atoms with Gasteiger partial charge in [0.2, 0.25) is 0 Å². The van der Waals surface area contributed by atoms with Gasteiger partial charge in [-0.05, 0) is 38.1 Å². The van der Waals surface area contributed by atoms with E-state index in [1.807, 2.05) is 38.1 Å². The summed E-state index contributed by atoms with van der Waals surface area (Å²) in [7, 11) is 3.30. The van der Waals surface area contributed by atoms with Crippen molar-refractivity contribution >= 4 is 28.0 Å². The highest BCUT2D eigenvalue weighted by atomic mass is 32.1. The maximum absolute atomic E-state index is 6.13. The van der Waals surface area contributed by atoms with Gasteiger partial charge >= 0.3 is 0 Å². The topological polar surface area (TPSA) is 82.3 Å². The van der Waals surface area contributed by atoms with E-state index in [1.54, 1.807) is 20.4 Å². The lowest BCUT2D eigenvalue weighted by molar-refractivity contribution is 0.408. The number of nitrogens with one attached hydrogen (secondary N) is 1. The molecule has 3 rings (SSSR count). The molecule has 0 spiro atoms. The zero-order valence-electron chi connectivity index (χ0n) is 14.6. The Morgan fingerprint density at radius 3 is 2.44 bits per heavy atom. The van der Waals surface area contributed by atoms with Gasteiger partial charge in [0.1, 0.15) is 17.3 Å². The highest BCUT2D eigenvalue weighted by Crippen LogP contribution is 2.39. The summed E-state index contributed by atoms with van der Waals surface area (Å²) >= 11 is 1.46. The highest BCUT2D eigenvalue weighted by molar-refractivity contribution is 7.19. The van der Waals surface area contributed by atoms with Gasteiger partial charge in [-0.3, -0.25) is 4.98 Å². The van der Waals surface area contributed by atoms with E-state index in [2.05, 4.69) is 15.3 Å². The maximum Gasteiger partial charge on any atom is 0.189 e. The number of nitrogens with zero attached hydrogens (tertiary/aromatic N) is 2. The number of hydrogen-bond donors (Lipinski definition) is 2. The van der Waals surface area contributed by atoms with Crippen LogP contribution in [0.2, 0.25) is 0 Å². The van der Waals surface area contributed by atoms with Crippen LogP contribution in [0.3, 0.4) is 0 Å². The highest BCUT2D eigenvalue weighted by Gasteiger charge is 2.17. The Bertz CT molecular complexity index is 891. The molecule has 0 aliphatic heterocycles. The molecule has 0 amide bonds. The average Bonchev–Trinajstić information content (AvgIpc) is 2.96. The second-order valence-corrected chi connectivity index (χ2v) is 6.53. The van der Waals surface area contributed by atoms with Gasteiger partial charge in [0, 0.05) is 23.0 Å². The van der Waals surface area contributed by atoms with E-state index in [-0.39, 0.29) is 0 Å². The van der Waals surface area contributed by atoms with Crippen molar-refractivity contribution < 1.29 is 9.47 Å². The molecule has 0 atom stereocenters. The molecule has 25 heavy (non-hydrogen) atoms. The predicted octanol–water partition coefficient (Wildman–Crippen LogP) is 4.16. The second-order valence-electron chi connectivity index (χ2n) is 5.53. The number of pyridine rings is 1. The van der Waals surface area contributed by atoms with Crippen molar-refractivity contribution in [2.24, 2.45) is 0 Å². The molecule has 2 heterocycles. The molecule has 1 aromatic carbocycles. The van der Waals surface area contributed by atoms with Gasteiger partial charge in [-0.2, -0.15) is 0 Å². The third kappa shape index (κ3) is 3.36. The summed E-state index contributed by atoms with van der Waals surface area (Å²) in [5.41, 5.74) is 9.77. The van der Waals surface area contributed by atoms with E-state index in [9.17, 15) is 0 Å². The first-order valence-electron chi connectivity index (χ1n) is 7.71. The molecule has 3 N–H and O–H groups in total. The lowest BCUT2D eigenvalue weighted by Gasteiger charge is -2.11. The zero-order chi connectivity index (χ0) is 18.0. The lowest BCUT2D eigenvalue weighted by Crippen LogP contribution is -1.97. The van der Waals surface area contributed by atoms with Crippen LogP contribution >= 0.6 is 11.3 Å². The molecule has 0 aliphatic rings. The molecule has 0 bridgehead atoms. The Morgan fingerprint density at radius 2 is 1.80 bits per heavy atom. The number of nitrogen functional groups attached to an aromatic ring is 1. The van der Waals surface area contributed by atoms with Crippen LogP contribution in [0.1, 0.15) is 11.1 Å². The Labute approximate surface area is 150 Å². The molecule has 0 saturated carbocycles. The fraction of sp³-hybridized carbons (Fsp3) is 0.222. The number of rotatable bonds is 5. The Kier molecular flexibility index (Phi) is 4.76. The van der Waals surface area contributed by atoms with Crippen LogP contribution < -0.4 is 20.5 Å². The van der Waals surface area contributed by atoms with Crippen LogP contribution in [-0.2, 0) is 0 Å². The van der Waals surface area contributed by atoms with Crippen molar-refractivity contribution in [1.82, 2.24) is 9.97 Å². The summed E-state index contributed by atoms with van der Waals surface area (Å²) in [6.45, 7) is 3.94. The SMILES string of the molecule is COc1ccc(Nc2nc(N)c(-c3ncc(C)c(OC)c3C)s2)cc1. The summed E-state index contributed by atoms with van der Waals surface area (Å²) in [5, 5.41) is 3.97. The molecule has 3 aromatic rings. The van der Waals surface area contributed by atoms with Crippen molar-refractivity contribution in [1.29, 1.82) is 0 Å². The number of thiazole rings is 1. The molecule has 0 unspecified atom stereocenters. The van der Waals surface area contributed by atoms with Gasteiger partial charge in [0.15, 0.2) is 5.13 Å². The van der Waals surface area contributed by atoms with Gasteiger partial charge in [0.25, 0.3) is 0 Å². The maximum atomic E-state index is 6.13. The largest absolute Gasteiger partial charge is 0.497 e. The summed E-state index contributed by atoms with van der Waals surface area (Å²) in [6.07, 6.45) is 1.79. The first-order valence-corrected chi connectivity index (χ1v) is 8.53. The van der Waals surface area contributed by atoms with E-state index in [0.717, 1.165) is 38.9 Å². The molecule has 6 nitrogen and oxygen atoms in total. The predicted molar refractivity (Wildman–Crippen MR) is 102 cm³/mol. The van der Waals surface area contributed by atoms with Gasteiger partial charge in [-0.25, -0.2) is 4.98 Å². The van der Waals surface area contributed by atoms with Gasteiger partial charge in [0.05, 0.1) is 24.8 Å². The summed E-state index contributed by atoms with van der Waals surface area (Å²) in [6, 6.07) is 7.62. The zero-order valence-corrected chi connectivity index (χ0v) is 15.4. The summed E-state index contributed by atoms with van der Waals surface area (Å²) < 4.78 is 10.6. The quantitative estimate of drug-likeness (QED) is 0.714. The standard InChI is InChI=1S/C18H20N4O2S/c1-10-9-20-14(11(2)15(10)24-4)16-17(19)22-18(25-16)21-12-5-7-13(23-3)8-6-12/h5-9H,19H2,1-4H3,(H,21,22). The monoisotopic (exact) mass is 356 g/mol. The second kappa shape index (κ2) is 6.98. The van der Waals surface area contributed by atoms with Gasteiger partial charge in [-0.15, -0.1) is 0 Å². The van der Waals surface area contributed by atoms with Crippen molar-refractivity contribution in [2.75, 3.05) is 25.3 Å². The lowest BCUT2D eigenvalue weighted by atomic mass is 10.1. The molecule has 0 radical (unpaired) electrons. The molecular weight excluding hydrogens is 336 g/mol. The van der Waals surface area contributed by atoms with Crippen LogP contribution in [0.15, 0.2) is 30.5 Å². The summed E-state index contributed by atoms with van der Waals surface area (Å²) in [4.78, 5) is 9.77. The van der Waals surface area contributed by atoms with Crippen molar-refractivity contribution in [3.63, 3.8) is 0 Å². The van der Waals surface area contributed by atoms with Gasteiger partial charge < -0.3 is 20.5 Å². The first-order chi connectivity index (χ1) is 12.0. The fourth-order valence-corrected chi connectivity index (χ4v) is 3.57. The average molecular weight is 356 g/mol. The number of hydrogen-bond acceptors (Lipinski definition) is 7.